The molecule has 8 heteroatoms. The lowest BCUT2D eigenvalue weighted by atomic mass is 10.2. The van der Waals surface area contributed by atoms with E-state index in [9.17, 15) is 9.59 Å². The number of nitrogens with zero attached hydrogens (tertiary/aromatic N) is 4. The van der Waals surface area contributed by atoms with E-state index in [1.165, 1.54) is 25.0 Å². The molecule has 0 spiro atoms. The summed E-state index contributed by atoms with van der Waals surface area (Å²) in [5.41, 5.74) is 0.625. The van der Waals surface area contributed by atoms with E-state index in [1.54, 1.807) is 0 Å². The Balaban J connectivity index is 2.17. The number of rotatable bonds is 2. The van der Waals surface area contributed by atoms with Crippen LogP contribution in [0.2, 0.25) is 0 Å². The van der Waals surface area contributed by atoms with Crippen LogP contribution in [0.3, 0.4) is 0 Å². The second-order valence-corrected chi connectivity index (χ2v) is 4.21. The Bertz CT molecular complexity index is 940. The van der Waals surface area contributed by atoms with Gasteiger partial charge in [-0.25, -0.2) is 19.9 Å². The first-order chi connectivity index (χ1) is 9.75. The van der Waals surface area contributed by atoms with Gasteiger partial charge in [0.05, 0.1) is 46.9 Å². The summed E-state index contributed by atoms with van der Waals surface area (Å²) < 4.78 is 0. The number of aromatic nitrogens is 6. The summed E-state index contributed by atoms with van der Waals surface area (Å²) in [6.07, 6.45) is 5.92. The van der Waals surface area contributed by atoms with Crippen LogP contribution < -0.4 is 11.1 Å². The summed E-state index contributed by atoms with van der Waals surface area (Å²) in [7, 11) is 0. The molecular formula is C12H6N6O2. The molecule has 20 heavy (non-hydrogen) atoms. The summed E-state index contributed by atoms with van der Waals surface area (Å²) in [5, 5.41) is 0.424. The van der Waals surface area contributed by atoms with Gasteiger partial charge in [-0.3, -0.25) is 9.59 Å². The highest BCUT2D eigenvalue weighted by Gasteiger charge is 2.20. The minimum absolute atomic E-state index is 0.212. The van der Waals surface area contributed by atoms with Crippen molar-refractivity contribution in [3.05, 3.63) is 56.2 Å². The highest BCUT2D eigenvalue weighted by molar-refractivity contribution is 5.61. The molecule has 2 aromatic heterocycles. The Morgan fingerprint density at radius 2 is 1.20 bits per heavy atom. The first kappa shape index (κ1) is 10.7. The summed E-state index contributed by atoms with van der Waals surface area (Å²) in [5.74, 6) is 0. The van der Waals surface area contributed by atoms with Gasteiger partial charge in [0.1, 0.15) is 11.4 Å². The minimum Gasteiger partial charge on any atom is -0.343 e. The minimum atomic E-state index is -0.483. The summed E-state index contributed by atoms with van der Waals surface area (Å²) in [6.45, 7) is 0. The van der Waals surface area contributed by atoms with Crippen LogP contribution >= 0.6 is 0 Å². The van der Waals surface area contributed by atoms with Gasteiger partial charge >= 0.3 is 0 Å². The van der Waals surface area contributed by atoms with Gasteiger partial charge in [0.2, 0.25) is 0 Å². The van der Waals surface area contributed by atoms with Crippen molar-refractivity contribution in [1.82, 2.24) is 29.9 Å². The van der Waals surface area contributed by atoms with E-state index in [1.807, 2.05) is 0 Å². The number of nitrogens with one attached hydrogen (secondary N) is 2. The normalized spacial score (nSPS) is 11.4. The van der Waals surface area contributed by atoms with Crippen molar-refractivity contribution in [3.8, 4) is 22.8 Å². The number of H-pyrrole nitrogens is 2. The molecule has 2 aromatic rings. The van der Waals surface area contributed by atoms with Crippen molar-refractivity contribution in [2.75, 3.05) is 0 Å². The first-order valence-electron chi connectivity index (χ1n) is 5.74. The van der Waals surface area contributed by atoms with Gasteiger partial charge in [0, 0.05) is 0 Å². The van der Waals surface area contributed by atoms with Crippen LogP contribution in [0.15, 0.2) is 34.6 Å². The molecule has 0 aromatic carbocycles. The Morgan fingerprint density at radius 3 is 1.55 bits per heavy atom. The molecule has 0 atom stereocenters. The molecule has 0 amide bonds. The quantitative estimate of drug-likeness (QED) is 0.508. The third kappa shape index (κ3) is 1.30. The van der Waals surface area contributed by atoms with Gasteiger partial charge in [0.15, 0.2) is 0 Å². The zero-order valence-corrected chi connectivity index (χ0v) is 9.91. The van der Waals surface area contributed by atoms with E-state index >= 15 is 0 Å². The van der Waals surface area contributed by atoms with Gasteiger partial charge in [0.25, 0.3) is 11.1 Å². The molecule has 2 aliphatic heterocycles. The van der Waals surface area contributed by atoms with Crippen LogP contribution in [0.5, 0.6) is 0 Å². The van der Waals surface area contributed by atoms with E-state index in [0.29, 0.717) is 11.4 Å². The van der Waals surface area contributed by atoms with E-state index in [4.69, 9.17) is 0 Å². The Hall–Kier alpha value is -3.16. The van der Waals surface area contributed by atoms with Crippen molar-refractivity contribution < 1.29 is 0 Å². The molecular weight excluding hydrogens is 260 g/mol. The zero-order chi connectivity index (χ0) is 13.7. The molecule has 2 N–H and O–H groups in total. The predicted octanol–water partition coefficient (Wildman–Crippen LogP) is -0.422. The van der Waals surface area contributed by atoms with Crippen molar-refractivity contribution >= 4 is 0 Å². The number of aromatic amines is 2. The van der Waals surface area contributed by atoms with Gasteiger partial charge in [-0.05, 0) is 0 Å². The average molecular weight is 266 g/mol. The van der Waals surface area contributed by atoms with Crippen LogP contribution in [0.1, 0.15) is 0 Å². The maximum Gasteiger partial charge on any atom is 0.280 e. The van der Waals surface area contributed by atoms with E-state index in [-0.39, 0.29) is 21.8 Å². The lowest BCUT2D eigenvalue weighted by molar-refractivity contribution is 1.20. The van der Waals surface area contributed by atoms with Gasteiger partial charge in [-0.15, -0.1) is 0 Å². The molecule has 8 nitrogen and oxygen atoms in total. The molecule has 0 unspecified atom stereocenters. The fourth-order valence-corrected chi connectivity index (χ4v) is 2.24. The molecule has 2 aliphatic rings. The standard InChI is InChI=1S/C12H6N6O2/c19-11-7-8(10(18-11)6-2-14-4-16-6)12(20)17-9(7)5-1-13-3-15-5/h1-4H,(H,13,15)(H,14,16). The van der Waals surface area contributed by atoms with Crippen LogP contribution in [0.4, 0.5) is 0 Å². The van der Waals surface area contributed by atoms with E-state index < -0.39 is 11.1 Å². The SMILES string of the molecule is O=c1nc(-c2cnc[nH]2)c2c(=O)nc(-c3cnc[nH]3)c1=2. The predicted molar refractivity (Wildman–Crippen MR) is 67.4 cm³/mol. The van der Waals surface area contributed by atoms with Crippen molar-refractivity contribution in [2.24, 2.45) is 0 Å². The molecule has 4 rings (SSSR count). The van der Waals surface area contributed by atoms with E-state index in [0.717, 1.165) is 0 Å². The van der Waals surface area contributed by atoms with Crippen LogP contribution in [-0.4, -0.2) is 29.9 Å². The van der Waals surface area contributed by atoms with Crippen LogP contribution in [0, 0.1) is 10.4 Å². The Morgan fingerprint density at radius 1 is 0.750 bits per heavy atom. The highest BCUT2D eigenvalue weighted by Crippen LogP contribution is 2.18. The van der Waals surface area contributed by atoms with Gasteiger partial charge in [-0.1, -0.05) is 0 Å². The third-order valence-corrected chi connectivity index (χ3v) is 3.08. The summed E-state index contributed by atoms with van der Waals surface area (Å²) >= 11 is 0. The molecule has 0 bridgehead atoms. The van der Waals surface area contributed by atoms with Crippen LogP contribution in [0.25, 0.3) is 22.8 Å². The fraction of sp³-hybridized carbons (Fsp3) is 0. The third-order valence-electron chi connectivity index (χ3n) is 3.08. The number of hydrogen-bond acceptors (Lipinski definition) is 6. The molecule has 0 aliphatic carbocycles. The Kier molecular flexibility index (Phi) is 1.97. The maximum atomic E-state index is 12.1. The monoisotopic (exact) mass is 266 g/mol. The van der Waals surface area contributed by atoms with E-state index in [2.05, 4.69) is 29.9 Å². The second kappa shape index (κ2) is 3.67. The van der Waals surface area contributed by atoms with Crippen LogP contribution in [-0.2, 0) is 0 Å². The molecule has 4 heterocycles. The highest BCUT2D eigenvalue weighted by atomic mass is 16.1. The fourth-order valence-electron chi connectivity index (χ4n) is 2.24. The average Bonchev–Trinajstić information content (AvgIpc) is 3.17. The Labute approximate surface area is 109 Å². The number of imidazole rings is 2. The lowest BCUT2D eigenvalue weighted by Crippen LogP contribution is -2.04. The summed E-state index contributed by atoms with van der Waals surface area (Å²) in [6, 6.07) is 0. The van der Waals surface area contributed by atoms with Gasteiger partial charge in [-0.2, -0.15) is 0 Å². The molecule has 0 fully saturated rings. The van der Waals surface area contributed by atoms with Crippen molar-refractivity contribution in [2.45, 2.75) is 0 Å². The smallest absolute Gasteiger partial charge is 0.280 e. The summed E-state index contributed by atoms with van der Waals surface area (Å²) in [4.78, 5) is 45.4. The first-order valence-corrected chi connectivity index (χ1v) is 5.74. The van der Waals surface area contributed by atoms with Gasteiger partial charge < -0.3 is 9.97 Å². The molecule has 0 saturated carbocycles. The largest absolute Gasteiger partial charge is 0.343 e. The maximum absolute atomic E-state index is 12.1. The molecule has 96 valence electrons. The second-order valence-electron chi connectivity index (χ2n) is 4.21. The van der Waals surface area contributed by atoms with Crippen molar-refractivity contribution in [1.29, 1.82) is 0 Å². The number of hydrogen-bond donors (Lipinski definition) is 2. The van der Waals surface area contributed by atoms with Crippen molar-refractivity contribution in [3.63, 3.8) is 0 Å². The molecule has 0 saturated heterocycles. The topological polar surface area (TPSA) is 117 Å². The molecule has 0 radical (unpaired) electrons. The zero-order valence-electron chi connectivity index (χ0n) is 9.91. The lowest BCUT2D eigenvalue weighted by Gasteiger charge is -1.87.